The number of imidazole rings is 1. The standard InChI is InChI=1S/C18H19N5O.C8H13N/c24-15(22-12-5-9-1-3-18(9)7-11(12)18)6-14-21-13-8-20-17-10(2-4-19-17)16(13)23-14;9-7-6-8-4-2-1-3-5-8/h2,4,8-9,11-12H,1,3,5-7H2,(H,19,20)(H,21,23)(H,22,24);8H,1-6H2. The van der Waals surface area contributed by atoms with E-state index in [1.54, 1.807) is 6.20 Å². The zero-order chi connectivity index (χ0) is 22.4. The minimum absolute atomic E-state index is 0.0840. The van der Waals surface area contributed by atoms with E-state index < -0.39 is 0 Å². The monoisotopic (exact) mass is 444 g/mol. The molecular formula is C26H32N6O. The Morgan fingerprint density at radius 2 is 2.15 bits per heavy atom. The number of carbonyl (C=O) groups is 1. The first-order valence-corrected chi connectivity index (χ1v) is 12.6. The van der Waals surface area contributed by atoms with Crippen molar-refractivity contribution < 1.29 is 4.79 Å². The molecule has 3 heterocycles. The van der Waals surface area contributed by atoms with Gasteiger partial charge in [-0.2, -0.15) is 5.26 Å². The van der Waals surface area contributed by atoms with Crippen LogP contribution in [0.5, 0.6) is 0 Å². The third-order valence-corrected chi connectivity index (χ3v) is 8.84. The average Bonchev–Trinajstić information content (AvgIpc) is 3.10. The van der Waals surface area contributed by atoms with Gasteiger partial charge in [-0.25, -0.2) is 9.97 Å². The zero-order valence-corrected chi connectivity index (χ0v) is 19.1. The van der Waals surface area contributed by atoms with Crippen molar-refractivity contribution in [2.45, 2.75) is 76.7 Å². The van der Waals surface area contributed by atoms with E-state index in [9.17, 15) is 4.79 Å². The first kappa shape index (κ1) is 20.7. The van der Waals surface area contributed by atoms with E-state index in [2.05, 4.69) is 31.3 Å². The predicted octanol–water partition coefficient (Wildman–Crippen LogP) is 4.77. The highest BCUT2D eigenvalue weighted by Crippen LogP contribution is 2.75. The Hall–Kier alpha value is -2.88. The van der Waals surface area contributed by atoms with E-state index in [1.165, 1.54) is 57.8 Å². The van der Waals surface area contributed by atoms with Gasteiger partial charge in [0.2, 0.25) is 5.91 Å². The molecule has 0 aromatic carbocycles. The summed E-state index contributed by atoms with van der Waals surface area (Å²) in [6, 6.07) is 4.60. The fourth-order valence-corrected chi connectivity index (χ4v) is 6.89. The van der Waals surface area contributed by atoms with Crippen LogP contribution < -0.4 is 5.32 Å². The number of pyridine rings is 1. The van der Waals surface area contributed by atoms with E-state index in [0.29, 0.717) is 23.7 Å². The number of amides is 1. The average molecular weight is 445 g/mol. The SMILES string of the molecule is N#CCC1CCCCC1.O=C(Cc1nc2c(cnc3[nH]ccc32)[nH]1)NC1CC2CCC23CC13. The molecule has 4 aliphatic carbocycles. The summed E-state index contributed by atoms with van der Waals surface area (Å²) in [5, 5.41) is 12.6. The Kier molecular flexibility index (Phi) is 5.12. The van der Waals surface area contributed by atoms with Crippen molar-refractivity contribution in [3.05, 3.63) is 24.3 Å². The number of hydrogen-bond acceptors (Lipinski definition) is 4. The second kappa shape index (κ2) is 8.16. The number of rotatable bonds is 4. The van der Waals surface area contributed by atoms with Gasteiger partial charge in [-0.05, 0) is 67.8 Å². The molecule has 3 aromatic heterocycles. The van der Waals surface area contributed by atoms with E-state index in [0.717, 1.165) is 46.2 Å². The lowest BCUT2D eigenvalue weighted by Crippen LogP contribution is -2.36. The Morgan fingerprint density at radius 1 is 1.27 bits per heavy atom. The van der Waals surface area contributed by atoms with Crippen molar-refractivity contribution in [1.82, 2.24) is 25.3 Å². The number of aromatic nitrogens is 4. The summed E-state index contributed by atoms with van der Waals surface area (Å²) in [4.78, 5) is 27.8. The van der Waals surface area contributed by atoms with Gasteiger partial charge < -0.3 is 15.3 Å². The smallest absolute Gasteiger partial charge is 0.227 e. The molecule has 1 spiro atoms. The molecule has 0 saturated heterocycles. The number of aromatic amines is 2. The summed E-state index contributed by atoms with van der Waals surface area (Å²) in [6.07, 6.45) is 16.7. The van der Waals surface area contributed by atoms with Crippen LogP contribution in [0, 0.1) is 34.5 Å². The minimum atomic E-state index is 0.0840. The van der Waals surface area contributed by atoms with E-state index >= 15 is 0 Å². The van der Waals surface area contributed by atoms with Gasteiger partial charge in [0.1, 0.15) is 17.0 Å². The Bertz CT molecular complexity index is 1210. The lowest BCUT2D eigenvalue weighted by Gasteiger charge is -2.33. The fraction of sp³-hybridized carbons (Fsp3) is 0.615. The molecule has 3 N–H and O–H groups in total. The highest BCUT2D eigenvalue weighted by molar-refractivity contribution is 6.00. The number of carbonyl (C=O) groups excluding carboxylic acids is 1. The highest BCUT2D eigenvalue weighted by atomic mass is 16.1. The highest BCUT2D eigenvalue weighted by Gasteiger charge is 2.70. The van der Waals surface area contributed by atoms with Crippen molar-refractivity contribution >= 4 is 28.0 Å². The Morgan fingerprint density at radius 3 is 2.85 bits per heavy atom. The van der Waals surface area contributed by atoms with Gasteiger partial charge in [-0.3, -0.25) is 4.79 Å². The molecule has 4 saturated carbocycles. The van der Waals surface area contributed by atoms with Crippen LogP contribution in [-0.4, -0.2) is 31.9 Å². The number of nitriles is 1. The third kappa shape index (κ3) is 3.70. The molecule has 7 rings (SSSR count). The molecule has 0 radical (unpaired) electrons. The van der Waals surface area contributed by atoms with Crippen LogP contribution in [0.4, 0.5) is 0 Å². The van der Waals surface area contributed by atoms with Gasteiger partial charge in [-0.15, -0.1) is 0 Å². The topological polar surface area (TPSA) is 110 Å². The lowest BCUT2D eigenvalue weighted by molar-refractivity contribution is -0.121. The second-order valence-electron chi connectivity index (χ2n) is 10.7. The maximum atomic E-state index is 12.5. The zero-order valence-electron chi connectivity index (χ0n) is 19.1. The maximum absolute atomic E-state index is 12.5. The van der Waals surface area contributed by atoms with Crippen LogP contribution in [0.2, 0.25) is 0 Å². The number of nitrogens with one attached hydrogen (secondary N) is 3. The molecule has 1 amide bonds. The van der Waals surface area contributed by atoms with Crippen LogP contribution in [0.1, 0.15) is 70.0 Å². The first-order chi connectivity index (χ1) is 16.2. The van der Waals surface area contributed by atoms with E-state index in [1.807, 2.05) is 12.3 Å². The van der Waals surface area contributed by atoms with Gasteiger partial charge in [0.15, 0.2) is 0 Å². The maximum Gasteiger partial charge on any atom is 0.227 e. The van der Waals surface area contributed by atoms with Crippen LogP contribution >= 0.6 is 0 Å². The number of H-pyrrole nitrogens is 2. The summed E-state index contributed by atoms with van der Waals surface area (Å²) in [5.41, 5.74) is 3.22. The van der Waals surface area contributed by atoms with Crippen molar-refractivity contribution in [1.29, 1.82) is 5.26 Å². The number of nitrogens with zero attached hydrogens (tertiary/aromatic N) is 3. The van der Waals surface area contributed by atoms with Crippen LogP contribution in [-0.2, 0) is 11.2 Å². The van der Waals surface area contributed by atoms with Crippen LogP contribution in [0.25, 0.3) is 22.1 Å². The summed E-state index contributed by atoms with van der Waals surface area (Å²) in [6.45, 7) is 0. The molecule has 0 bridgehead atoms. The molecule has 4 atom stereocenters. The predicted molar refractivity (Wildman–Crippen MR) is 126 cm³/mol. The molecule has 172 valence electrons. The van der Waals surface area contributed by atoms with Crippen molar-refractivity contribution in [3.8, 4) is 6.07 Å². The second-order valence-corrected chi connectivity index (χ2v) is 10.7. The van der Waals surface area contributed by atoms with Crippen molar-refractivity contribution in [2.75, 3.05) is 0 Å². The summed E-state index contributed by atoms with van der Waals surface area (Å²) >= 11 is 0. The quantitative estimate of drug-likeness (QED) is 0.538. The molecular weight excluding hydrogens is 412 g/mol. The van der Waals surface area contributed by atoms with Crippen molar-refractivity contribution in [3.63, 3.8) is 0 Å². The molecule has 0 aliphatic heterocycles. The Labute approximate surface area is 193 Å². The number of fused-ring (bicyclic) bond motifs is 3. The molecule has 7 heteroatoms. The molecule has 33 heavy (non-hydrogen) atoms. The van der Waals surface area contributed by atoms with Gasteiger partial charge in [0.25, 0.3) is 0 Å². The van der Waals surface area contributed by atoms with Gasteiger partial charge in [0, 0.05) is 24.0 Å². The fourth-order valence-electron chi connectivity index (χ4n) is 6.89. The lowest BCUT2D eigenvalue weighted by atomic mass is 9.71. The normalized spacial score (nSPS) is 30.0. The minimum Gasteiger partial charge on any atom is -0.353 e. The van der Waals surface area contributed by atoms with Gasteiger partial charge in [-0.1, -0.05) is 19.3 Å². The molecule has 3 aromatic rings. The first-order valence-electron chi connectivity index (χ1n) is 12.6. The van der Waals surface area contributed by atoms with E-state index in [-0.39, 0.29) is 5.91 Å². The molecule has 7 nitrogen and oxygen atoms in total. The Balaban J connectivity index is 0.000000195. The molecule has 4 fully saturated rings. The van der Waals surface area contributed by atoms with Crippen LogP contribution in [0.15, 0.2) is 18.5 Å². The molecule has 4 aliphatic rings. The summed E-state index contributed by atoms with van der Waals surface area (Å²) < 4.78 is 0. The third-order valence-electron chi connectivity index (χ3n) is 8.84. The number of hydrogen-bond donors (Lipinski definition) is 3. The largest absolute Gasteiger partial charge is 0.353 e. The van der Waals surface area contributed by atoms with Crippen LogP contribution in [0.3, 0.4) is 0 Å². The van der Waals surface area contributed by atoms with E-state index in [4.69, 9.17) is 5.26 Å². The van der Waals surface area contributed by atoms with Crippen molar-refractivity contribution in [2.24, 2.45) is 23.2 Å². The van der Waals surface area contributed by atoms with Gasteiger partial charge in [0.05, 0.1) is 24.2 Å². The van der Waals surface area contributed by atoms with Gasteiger partial charge >= 0.3 is 0 Å². The summed E-state index contributed by atoms with van der Waals surface area (Å²) in [5.74, 6) is 3.17. The molecule has 4 unspecified atom stereocenters. The summed E-state index contributed by atoms with van der Waals surface area (Å²) in [7, 11) is 0.